The van der Waals surface area contributed by atoms with Gasteiger partial charge in [0.1, 0.15) is 19.8 Å². The van der Waals surface area contributed by atoms with E-state index in [2.05, 4.69) is 172 Å². The normalized spacial score (nSPS) is 14.2. The topological polar surface area (TPSA) is 111 Å². The molecule has 0 radical (unpaired) electrons. The van der Waals surface area contributed by atoms with Crippen LogP contribution in [0.1, 0.15) is 245 Å². The number of quaternary nitrogens is 1. The number of likely N-dealkylation sites (N-methyl/N-ethyl adjacent to an activating group) is 1. The van der Waals surface area contributed by atoms with Gasteiger partial charge in [-0.2, -0.15) is 0 Å². The van der Waals surface area contributed by atoms with Gasteiger partial charge in [-0.25, -0.2) is 0 Å². The molecule has 0 heterocycles. The van der Waals surface area contributed by atoms with Crippen molar-refractivity contribution in [1.82, 2.24) is 0 Å². The van der Waals surface area contributed by atoms with Crippen LogP contribution < -0.4 is 4.89 Å². The van der Waals surface area contributed by atoms with Gasteiger partial charge in [-0.3, -0.25) is 14.2 Å². The maximum absolute atomic E-state index is 12.9. The van der Waals surface area contributed by atoms with E-state index >= 15 is 0 Å². The number of hydrogen-bond acceptors (Lipinski definition) is 8. The highest BCUT2D eigenvalue weighted by Gasteiger charge is 2.22. The van der Waals surface area contributed by atoms with Gasteiger partial charge < -0.3 is 27.9 Å². The molecule has 0 fully saturated rings. The summed E-state index contributed by atoms with van der Waals surface area (Å²) in [6, 6.07) is 0. The molecule has 476 valence electrons. The lowest BCUT2D eigenvalue weighted by atomic mass is 10.0. The maximum Gasteiger partial charge on any atom is 0.306 e. The van der Waals surface area contributed by atoms with Crippen molar-refractivity contribution in [1.29, 1.82) is 0 Å². The van der Waals surface area contributed by atoms with Crippen LogP contribution in [-0.4, -0.2) is 70.0 Å². The average Bonchev–Trinajstić information content (AvgIpc) is 3.61. The fourth-order valence-electron chi connectivity index (χ4n) is 8.52. The Morgan fingerprint density at radius 1 is 0.369 bits per heavy atom. The van der Waals surface area contributed by atoms with E-state index in [0.29, 0.717) is 23.9 Å². The summed E-state index contributed by atoms with van der Waals surface area (Å²) in [5, 5.41) is 0. The Hall–Kier alpha value is -4.37. The summed E-state index contributed by atoms with van der Waals surface area (Å²) in [7, 11) is 1.14. The van der Waals surface area contributed by atoms with Crippen molar-refractivity contribution in [2.24, 2.45) is 0 Å². The minimum absolute atomic E-state index is 0.0410. The van der Waals surface area contributed by atoms with Crippen LogP contribution in [0, 0.1) is 0 Å². The maximum atomic E-state index is 12.9. The summed E-state index contributed by atoms with van der Waals surface area (Å²) in [4.78, 5) is 38.0. The number of phosphoric acid groups is 1. The Morgan fingerprint density at radius 2 is 0.643 bits per heavy atom. The van der Waals surface area contributed by atoms with Crippen LogP contribution in [0.2, 0.25) is 0 Å². The van der Waals surface area contributed by atoms with Gasteiger partial charge in [0.25, 0.3) is 7.82 Å². The molecule has 0 spiro atoms. The van der Waals surface area contributed by atoms with Gasteiger partial charge in [0.15, 0.2) is 6.10 Å². The molecule has 0 aliphatic carbocycles. The first-order valence-electron chi connectivity index (χ1n) is 33.2. The van der Waals surface area contributed by atoms with Crippen LogP contribution in [0.25, 0.3) is 0 Å². The second kappa shape index (κ2) is 63.1. The van der Waals surface area contributed by atoms with Crippen LogP contribution in [0.4, 0.5) is 0 Å². The molecule has 9 nitrogen and oxygen atoms in total. The van der Waals surface area contributed by atoms with Gasteiger partial charge in [-0.15, -0.1) is 0 Å². The van der Waals surface area contributed by atoms with Gasteiger partial charge in [0, 0.05) is 12.8 Å². The standard InChI is InChI=1S/C74H122NO8P/c1-6-8-10-12-14-16-18-20-22-24-26-28-30-31-32-33-34-35-36-37-38-39-40-41-42-43-45-47-49-51-53-55-57-59-61-63-65-67-74(77)83-72(71-82-84(78,79)81-69-68-75(3,4)5)70-80-73(76)66-64-62-60-58-56-54-52-50-48-46-44-29-27-25-23-21-19-17-15-13-11-9-7-2/h8-11,14-17,20-23,26-29,31-32,34-35,37-38,40-41,46,48,72H,6-7,12-13,18-19,24-25,30,33,36,39,42-45,47,49-71H2,1-5H3/b10-8-,11-9-,16-14-,17-15-,22-20-,23-21-,28-26-,29-27-,32-31-,35-34-,38-37-,41-40-,48-46-. The Bertz CT molecular complexity index is 1970. The van der Waals surface area contributed by atoms with Crippen LogP contribution in [0.15, 0.2) is 158 Å². The molecule has 0 rings (SSSR count). The summed E-state index contributed by atoms with van der Waals surface area (Å²) >= 11 is 0. The number of unbranched alkanes of at least 4 members (excludes halogenated alkanes) is 19. The third-order valence-electron chi connectivity index (χ3n) is 13.5. The van der Waals surface area contributed by atoms with Crippen LogP contribution in [0.3, 0.4) is 0 Å². The zero-order valence-electron chi connectivity index (χ0n) is 54.0. The van der Waals surface area contributed by atoms with E-state index in [4.69, 9.17) is 18.5 Å². The van der Waals surface area contributed by atoms with Crippen LogP contribution in [0.5, 0.6) is 0 Å². The molecule has 0 aromatic rings. The Kier molecular flexibility index (Phi) is 59.9. The number of phosphoric ester groups is 1. The zero-order valence-corrected chi connectivity index (χ0v) is 54.9. The smallest absolute Gasteiger partial charge is 0.306 e. The third kappa shape index (κ3) is 66.8. The molecule has 2 unspecified atom stereocenters. The number of rotatable bonds is 59. The molecule has 0 aromatic heterocycles. The van der Waals surface area contributed by atoms with Crippen molar-refractivity contribution >= 4 is 19.8 Å². The molecule has 0 aliphatic rings. The average molecular weight is 1180 g/mol. The van der Waals surface area contributed by atoms with Gasteiger partial charge in [0.05, 0.1) is 27.7 Å². The molecule has 2 atom stereocenters. The van der Waals surface area contributed by atoms with E-state index in [1.54, 1.807) is 0 Å². The highest BCUT2D eigenvalue weighted by Crippen LogP contribution is 2.38. The molecular weight excluding hydrogens is 1060 g/mol. The fraction of sp³-hybridized carbons (Fsp3) is 0.622. The van der Waals surface area contributed by atoms with E-state index in [-0.39, 0.29) is 26.1 Å². The van der Waals surface area contributed by atoms with E-state index in [9.17, 15) is 19.0 Å². The molecular formula is C74H122NO8P. The van der Waals surface area contributed by atoms with Crippen molar-refractivity contribution < 1.29 is 42.1 Å². The second-order valence-corrected chi connectivity index (χ2v) is 24.1. The Labute approximate surface area is 516 Å². The molecule has 0 saturated carbocycles. The number of esters is 2. The SMILES string of the molecule is CC/C=C\C/C=C\C/C=C\C/C=C\C/C=C\C/C=C\C/C=C\C/C=C\CCCCCCCCCCCCCCC(=O)OC(COC(=O)CCCCCCCCC/C=C\C/C=C\C/C=C\C/C=C\C/C=C\CC)COP(=O)([O-])OCC[N+](C)(C)C. The van der Waals surface area contributed by atoms with Crippen LogP contribution in [-0.2, 0) is 32.7 Å². The van der Waals surface area contributed by atoms with Gasteiger partial charge >= 0.3 is 11.9 Å². The lowest BCUT2D eigenvalue weighted by Gasteiger charge is -2.28. The molecule has 0 bridgehead atoms. The monoisotopic (exact) mass is 1180 g/mol. The highest BCUT2D eigenvalue weighted by molar-refractivity contribution is 7.45. The summed E-state index contributed by atoms with van der Waals surface area (Å²) in [6.45, 7) is 3.99. The molecule has 84 heavy (non-hydrogen) atoms. The summed E-state index contributed by atoms with van der Waals surface area (Å²) < 4.78 is 34.2. The fourth-order valence-corrected chi connectivity index (χ4v) is 9.25. The first kappa shape index (κ1) is 79.6. The molecule has 0 aliphatic heterocycles. The van der Waals surface area contributed by atoms with E-state index in [1.165, 1.54) is 70.6 Å². The largest absolute Gasteiger partial charge is 0.756 e. The summed E-state index contributed by atoms with van der Waals surface area (Å²) in [6.07, 6.45) is 94.4. The van der Waals surface area contributed by atoms with E-state index < -0.39 is 32.5 Å². The van der Waals surface area contributed by atoms with E-state index in [0.717, 1.165) is 135 Å². The first-order valence-corrected chi connectivity index (χ1v) is 34.7. The highest BCUT2D eigenvalue weighted by atomic mass is 31.2. The van der Waals surface area contributed by atoms with E-state index in [1.807, 2.05) is 21.1 Å². The number of nitrogens with zero attached hydrogens (tertiary/aromatic N) is 1. The first-order chi connectivity index (χ1) is 41.0. The molecule has 0 amide bonds. The van der Waals surface area contributed by atoms with Gasteiger partial charge in [-0.05, 0) is 122 Å². The predicted molar refractivity (Wildman–Crippen MR) is 360 cm³/mol. The third-order valence-corrected chi connectivity index (χ3v) is 14.5. The second-order valence-electron chi connectivity index (χ2n) is 22.7. The number of allylic oxidation sites excluding steroid dienone is 26. The van der Waals surface area contributed by atoms with Gasteiger partial charge in [-0.1, -0.05) is 268 Å². The number of ether oxygens (including phenoxy) is 2. The lowest BCUT2D eigenvalue weighted by molar-refractivity contribution is -0.870. The number of carbonyl (C=O) groups is 2. The van der Waals surface area contributed by atoms with Gasteiger partial charge in [0.2, 0.25) is 0 Å². The summed E-state index contributed by atoms with van der Waals surface area (Å²) in [5.74, 6) is -0.856. The molecule has 0 N–H and O–H groups in total. The van der Waals surface area contributed by atoms with Crippen molar-refractivity contribution in [2.75, 3.05) is 47.5 Å². The number of hydrogen-bond donors (Lipinski definition) is 0. The molecule has 10 heteroatoms. The lowest BCUT2D eigenvalue weighted by Crippen LogP contribution is -2.37. The van der Waals surface area contributed by atoms with Crippen molar-refractivity contribution in [2.45, 2.75) is 251 Å². The number of carbonyl (C=O) groups excluding carboxylic acids is 2. The predicted octanol–water partition coefficient (Wildman–Crippen LogP) is 21.0. The zero-order chi connectivity index (χ0) is 61.2. The van der Waals surface area contributed by atoms with Crippen molar-refractivity contribution in [3.8, 4) is 0 Å². The summed E-state index contributed by atoms with van der Waals surface area (Å²) in [5.41, 5.74) is 0. The minimum Gasteiger partial charge on any atom is -0.756 e. The quantitative estimate of drug-likeness (QED) is 0.0195. The van der Waals surface area contributed by atoms with Crippen LogP contribution >= 0.6 is 7.82 Å². The minimum atomic E-state index is -4.65. The Balaban J connectivity index is 4.13. The molecule has 0 saturated heterocycles. The van der Waals surface area contributed by atoms with Crippen molar-refractivity contribution in [3.63, 3.8) is 0 Å². The Morgan fingerprint density at radius 3 is 0.952 bits per heavy atom. The molecule has 0 aromatic carbocycles. The van der Waals surface area contributed by atoms with Crippen molar-refractivity contribution in [3.05, 3.63) is 158 Å².